The molecule has 5 heteroatoms. The Labute approximate surface area is 115 Å². The van der Waals surface area contributed by atoms with Crippen LogP contribution in [0.15, 0.2) is 48.5 Å². The summed E-state index contributed by atoms with van der Waals surface area (Å²) in [6, 6.07) is 16.0. The smallest absolute Gasteiger partial charge is 0.208 e. The first-order valence-corrected chi connectivity index (χ1v) is 8.90. The lowest BCUT2D eigenvalue weighted by Crippen LogP contribution is -2.23. The molecular formula is C14H14NO2S2+. The van der Waals surface area contributed by atoms with Crippen molar-refractivity contribution in [3.05, 3.63) is 48.5 Å². The number of thiophene rings is 1. The van der Waals surface area contributed by atoms with Gasteiger partial charge in [-0.15, -0.1) is 0 Å². The highest BCUT2D eigenvalue weighted by Crippen LogP contribution is 2.43. The highest BCUT2D eigenvalue weighted by molar-refractivity contribution is 7.96. The van der Waals surface area contributed by atoms with E-state index in [1.165, 1.54) is 9.97 Å². The molecule has 0 aliphatic heterocycles. The number of hydrogen-bond donors (Lipinski definition) is 0. The predicted molar refractivity (Wildman–Crippen MR) is 82.9 cm³/mol. The number of nitrogens with zero attached hydrogens (tertiary/aromatic N) is 1. The third-order valence-electron chi connectivity index (χ3n) is 3.21. The Morgan fingerprint density at radius 2 is 1.32 bits per heavy atom. The van der Waals surface area contributed by atoms with Gasteiger partial charge in [0.1, 0.15) is 10.7 Å². The van der Waals surface area contributed by atoms with Crippen molar-refractivity contribution in [3.63, 3.8) is 0 Å². The van der Waals surface area contributed by atoms with E-state index in [0.29, 0.717) is 0 Å². The third-order valence-corrected chi connectivity index (χ3v) is 7.46. The monoisotopic (exact) mass is 292 g/mol. The van der Waals surface area contributed by atoms with E-state index in [-0.39, 0.29) is 0 Å². The molecule has 3 aromatic rings. The number of hydrogen-bond acceptors (Lipinski definition) is 2. The standard InChI is InChI=1S/C14H14NO2S2/c1-15(19(2,16)17)18-13-9-5-3-7-11(13)12-8-4-6-10-14(12)18/h3-10H,1-2H3/q+1. The summed E-state index contributed by atoms with van der Waals surface area (Å²) in [6.07, 6.45) is 1.25. The lowest BCUT2D eigenvalue weighted by molar-refractivity contribution is 0.602. The van der Waals surface area contributed by atoms with Crippen molar-refractivity contribution in [2.24, 2.45) is 0 Å². The number of benzene rings is 2. The molecule has 0 unspecified atom stereocenters. The van der Waals surface area contributed by atoms with Crippen LogP contribution in [-0.2, 0) is 10.0 Å². The van der Waals surface area contributed by atoms with Gasteiger partial charge in [-0.3, -0.25) is 0 Å². The van der Waals surface area contributed by atoms with Gasteiger partial charge in [0.2, 0.25) is 9.40 Å². The van der Waals surface area contributed by atoms with E-state index >= 15 is 0 Å². The summed E-state index contributed by atoms with van der Waals surface area (Å²) in [5.41, 5.74) is 0. The summed E-state index contributed by atoms with van der Waals surface area (Å²) in [5, 5.41) is 2.27. The van der Waals surface area contributed by atoms with Gasteiger partial charge in [-0.05, 0) is 12.1 Å². The Balaban J connectivity index is 2.50. The van der Waals surface area contributed by atoms with Crippen molar-refractivity contribution >= 4 is 40.9 Å². The fourth-order valence-corrected chi connectivity index (χ4v) is 5.79. The summed E-state index contributed by atoms with van der Waals surface area (Å²) in [5.74, 6) is 0. The molecule has 0 saturated carbocycles. The minimum Gasteiger partial charge on any atom is -0.208 e. The summed E-state index contributed by atoms with van der Waals surface area (Å²) in [4.78, 5) is 0. The Bertz CT molecular complexity index is 812. The molecule has 2 aromatic carbocycles. The van der Waals surface area contributed by atoms with Gasteiger partial charge in [-0.1, -0.05) is 24.3 Å². The van der Waals surface area contributed by atoms with Gasteiger partial charge in [0.15, 0.2) is 0 Å². The molecule has 98 valence electrons. The van der Waals surface area contributed by atoms with Gasteiger partial charge in [0.25, 0.3) is 10.0 Å². The molecule has 0 fully saturated rings. The predicted octanol–water partition coefficient (Wildman–Crippen LogP) is 3.27. The first-order valence-electron chi connectivity index (χ1n) is 5.87. The van der Waals surface area contributed by atoms with Gasteiger partial charge < -0.3 is 0 Å². The molecule has 0 aliphatic rings. The molecule has 0 radical (unpaired) electrons. The van der Waals surface area contributed by atoms with Gasteiger partial charge in [0.05, 0.1) is 13.3 Å². The fraction of sp³-hybridized carbons (Fsp3) is 0.143. The molecule has 0 aliphatic carbocycles. The number of rotatable bonds is 2. The molecule has 19 heavy (non-hydrogen) atoms. The minimum atomic E-state index is -3.23. The first-order chi connectivity index (χ1) is 9.00. The van der Waals surface area contributed by atoms with Crippen LogP contribution in [0.4, 0.5) is 0 Å². The molecule has 1 aromatic heterocycles. The molecule has 3 rings (SSSR count). The van der Waals surface area contributed by atoms with Crippen molar-refractivity contribution in [1.82, 2.24) is 0 Å². The maximum Gasteiger partial charge on any atom is 0.253 e. The van der Waals surface area contributed by atoms with Crippen LogP contribution in [-0.4, -0.2) is 21.7 Å². The highest BCUT2D eigenvalue weighted by Gasteiger charge is 2.30. The van der Waals surface area contributed by atoms with E-state index in [1.807, 2.05) is 36.4 Å². The molecule has 0 saturated heterocycles. The van der Waals surface area contributed by atoms with Crippen molar-refractivity contribution in [1.29, 1.82) is 0 Å². The second-order valence-corrected chi connectivity index (χ2v) is 8.69. The van der Waals surface area contributed by atoms with E-state index in [9.17, 15) is 8.42 Å². The Morgan fingerprint density at radius 1 is 0.895 bits per heavy atom. The van der Waals surface area contributed by atoms with Crippen LogP contribution in [0.5, 0.6) is 0 Å². The normalized spacial score (nSPS) is 12.6. The van der Waals surface area contributed by atoms with Crippen molar-refractivity contribution in [2.75, 3.05) is 17.0 Å². The number of sulfonamides is 1. The lowest BCUT2D eigenvalue weighted by atomic mass is 10.2. The Kier molecular flexibility index (Phi) is 2.85. The molecule has 0 bridgehead atoms. The molecule has 0 N–H and O–H groups in total. The van der Waals surface area contributed by atoms with E-state index < -0.39 is 20.7 Å². The number of fused-ring (bicyclic) bond motifs is 3. The summed E-state index contributed by atoms with van der Waals surface area (Å²) in [7, 11) is -2.12. The van der Waals surface area contributed by atoms with Crippen LogP contribution in [0.1, 0.15) is 0 Å². The third kappa shape index (κ3) is 1.94. The highest BCUT2D eigenvalue weighted by atomic mass is 32.3. The van der Waals surface area contributed by atoms with Crippen LogP contribution in [0.25, 0.3) is 20.2 Å². The van der Waals surface area contributed by atoms with Crippen LogP contribution < -0.4 is 3.71 Å². The van der Waals surface area contributed by atoms with Crippen LogP contribution in [0.3, 0.4) is 0 Å². The van der Waals surface area contributed by atoms with Crippen LogP contribution >= 0.6 is 10.7 Å². The zero-order chi connectivity index (χ0) is 13.6. The van der Waals surface area contributed by atoms with Crippen molar-refractivity contribution < 1.29 is 8.42 Å². The van der Waals surface area contributed by atoms with Gasteiger partial charge >= 0.3 is 0 Å². The Morgan fingerprint density at radius 3 is 1.74 bits per heavy atom. The summed E-state index contributed by atoms with van der Waals surface area (Å²) < 4.78 is 27.4. The molecule has 0 amide bonds. The van der Waals surface area contributed by atoms with E-state index in [4.69, 9.17) is 0 Å². The van der Waals surface area contributed by atoms with Crippen LogP contribution in [0.2, 0.25) is 0 Å². The van der Waals surface area contributed by atoms with E-state index in [1.54, 1.807) is 7.05 Å². The molecule has 3 nitrogen and oxygen atoms in total. The van der Waals surface area contributed by atoms with Crippen molar-refractivity contribution in [2.45, 2.75) is 0 Å². The van der Waals surface area contributed by atoms with Crippen LogP contribution in [0, 0.1) is 0 Å². The van der Waals surface area contributed by atoms with E-state index in [2.05, 4.69) is 12.1 Å². The van der Waals surface area contributed by atoms with Gasteiger partial charge in [-0.25, -0.2) is 8.42 Å². The summed E-state index contributed by atoms with van der Waals surface area (Å²) in [6.45, 7) is 0. The minimum absolute atomic E-state index is 0.546. The van der Waals surface area contributed by atoms with E-state index in [0.717, 1.165) is 20.2 Å². The largest absolute Gasteiger partial charge is 0.253 e. The van der Waals surface area contributed by atoms with Gasteiger partial charge in [-0.2, -0.15) is 0 Å². The zero-order valence-corrected chi connectivity index (χ0v) is 12.3. The maximum absolute atomic E-state index is 11.9. The first kappa shape index (κ1) is 12.6. The maximum atomic E-state index is 11.9. The average molecular weight is 292 g/mol. The fourth-order valence-electron chi connectivity index (χ4n) is 2.25. The SMILES string of the molecule is CN([s+]1c2ccccc2c2ccccc21)S(C)(=O)=O. The lowest BCUT2D eigenvalue weighted by Gasteiger charge is -2.04. The average Bonchev–Trinajstić information content (AvgIpc) is 2.71. The second kappa shape index (κ2) is 4.30. The van der Waals surface area contributed by atoms with Crippen molar-refractivity contribution in [3.8, 4) is 0 Å². The second-order valence-electron chi connectivity index (χ2n) is 4.45. The molecule has 1 heterocycles. The summed E-state index contributed by atoms with van der Waals surface area (Å²) >= 11 is 0. The molecular weight excluding hydrogens is 278 g/mol. The van der Waals surface area contributed by atoms with Gasteiger partial charge in [0, 0.05) is 26.6 Å². The topological polar surface area (TPSA) is 37.4 Å². The zero-order valence-electron chi connectivity index (χ0n) is 10.7. The molecule has 0 spiro atoms. The molecule has 0 atom stereocenters. The Hall–Kier alpha value is -1.43. The quantitative estimate of drug-likeness (QED) is 0.680.